The fourth-order valence-corrected chi connectivity index (χ4v) is 2.97. The predicted molar refractivity (Wildman–Crippen MR) is 69.9 cm³/mol. The third-order valence-electron chi connectivity index (χ3n) is 3.22. The van der Waals surface area contributed by atoms with E-state index in [0.717, 1.165) is 36.9 Å². The molecule has 0 radical (unpaired) electrons. The predicted octanol–water partition coefficient (Wildman–Crippen LogP) is 1.01. The first kappa shape index (κ1) is 13.4. The van der Waals surface area contributed by atoms with Gasteiger partial charge in [0.2, 0.25) is 0 Å². The maximum absolute atomic E-state index is 11.3. The molecule has 1 unspecified atom stereocenters. The Kier molecular flexibility index (Phi) is 3.97. The maximum atomic E-state index is 11.3. The van der Waals surface area contributed by atoms with Crippen molar-refractivity contribution < 1.29 is 8.42 Å². The smallest absolute Gasteiger partial charge is 0.154 e. The molecule has 1 aromatic heterocycles. The molecule has 18 heavy (non-hydrogen) atoms. The highest BCUT2D eigenvalue weighted by atomic mass is 32.2. The molecular formula is C12H19N3O2S. The van der Waals surface area contributed by atoms with Crippen molar-refractivity contribution in [1.29, 1.82) is 0 Å². The molecule has 0 saturated heterocycles. The van der Waals surface area contributed by atoms with Crippen molar-refractivity contribution in [2.45, 2.75) is 37.5 Å². The number of aromatic nitrogens is 2. The van der Waals surface area contributed by atoms with Crippen LogP contribution in [0.15, 0.2) is 6.20 Å². The molecule has 0 aromatic carbocycles. The number of hydrogen-bond donors (Lipinski definition) is 1. The summed E-state index contributed by atoms with van der Waals surface area (Å²) in [6, 6.07) is 0.287. The molecule has 0 bridgehead atoms. The van der Waals surface area contributed by atoms with E-state index < -0.39 is 9.84 Å². The Morgan fingerprint density at radius 1 is 1.44 bits per heavy atom. The van der Waals surface area contributed by atoms with E-state index in [1.807, 2.05) is 7.05 Å². The quantitative estimate of drug-likeness (QED) is 0.829. The molecule has 1 aliphatic rings. The van der Waals surface area contributed by atoms with Gasteiger partial charge in [0.05, 0.1) is 0 Å². The van der Waals surface area contributed by atoms with Crippen LogP contribution in [-0.2, 0) is 22.0 Å². The van der Waals surface area contributed by atoms with Crippen LogP contribution >= 0.6 is 0 Å². The molecule has 1 N–H and O–H groups in total. The van der Waals surface area contributed by atoms with Crippen LogP contribution < -0.4 is 5.32 Å². The Bertz CT molecular complexity index is 528. The number of nitrogens with zero attached hydrogens (tertiary/aromatic N) is 2. The minimum absolute atomic E-state index is 0.0789. The second-order valence-corrected chi connectivity index (χ2v) is 6.99. The van der Waals surface area contributed by atoms with Gasteiger partial charge in [-0.25, -0.2) is 18.4 Å². The lowest BCUT2D eigenvalue weighted by Crippen LogP contribution is -2.18. The molecule has 6 heteroatoms. The van der Waals surface area contributed by atoms with Crippen molar-refractivity contribution >= 4 is 9.84 Å². The Labute approximate surface area is 108 Å². The Hall–Kier alpha value is -1.01. The second-order valence-electron chi connectivity index (χ2n) is 4.85. The molecule has 0 saturated carbocycles. The summed E-state index contributed by atoms with van der Waals surface area (Å²) in [5.74, 6) is 0.331. The highest BCUT2D eigenvalue weighted by Crippen LogP contribution is 2.26. The van der Waals surface area contributed by atoms with Gasteiger partial charge in [-0.2, -0.15) is 0 Å². The lowest BCUT2D eigenvalue weighted by Gasteiger charge is -2.16. The first-order valence-electron chi connectivity index (χ1n) is 6.19. The lowest BCUT2D eigenvalue weighted by atomic mass is 10.1. The minimum atomic E-state index is -3.07. The van der Waals surface area contributed by atoms with Crippen LogP contribution in [0.3, 0.4) is 0 Å². The normalized spacial score (nSPS) is 20.2. The van der Waals surface area contributed by atoms with Crippen molar-refractivity contribution in [2.75, 3.05) is 13.3 Å². The Balaban J connectivity index is 2.33. The first-order chi connectivity index (χ1) is 8.49. The summed E-state index contributed by atoms with van der Waals surface area (Å²) in [6.07, 6.45) is 7.24. The van der Waals surface area contributed by atoms with Gasteiger partial charge in [-0.15, -0.1) is 0 Å². The summed E-state index contributed by atoms with van der Waals surface area (Å²) in [4.78, 5) is 8.61. The summed E-state index contributed by atoms with van der Waals surface area (Å²) in [6.45, 7) is 0. The van der Waals surface area contributed by atoms with E-state index in [9.17, 15) is 8.42 Å². The second kappa shape index (κ2) is 5.32. The van der Waals surface area contributed by atoms with Gasteiger partial charge in [0, 0.05) is 29.8 Å². The molecule has 1 atom stereocenters. The van der Waals surface area contributed by atoms with E-state index in [2.05, 4.69) is 15.3 Å². The summed E-state index contributed by atoms with van der Waals surface area (Å²) >= 11 is 0. The molecule has 5 nitrogen and oxygen atoms in total. The summed E-state index contributed by atoms with van der Waals surface area (Å²) in [7, 11) is -1.14. The zero-order chi connectivity index (χ0) is 13.2. The number of hydrogen-bond acceptors (Lipinski definition) is 5. The van der Waals surface area contributed by atoms with Crippen LogP contribution in [0.5, 0.6) is 0 Å². The van der Waals surface area contributed by atoms with Crippen molar-refractivity contribution in [3.05, 3.63) is 23.3 Å². The molecule has 1 aliphatic carbocycles. The zero-order valence-corrected chi connectivity index (χ0v) is 11.6. The zero-order valence-electron chi connectivity index (χ0n) is 10.8. The van der Waals surface area contributed by atoms with Gasteiger partial charge in [0.15, 0.2) is 9.84 Å². The number of rotatable bonds is 3. The summed E-state index contributed by atoms with van der Waals surface area (Å²) in [5.41, 5.74) is 2.12. The summed E-state index contributed by atoms with van der Waals surface area (Å²) < 4.78 is 22.5. The van der Waals surface area contributed by atoms with E-state index >= 15 is 0 Å². The monoisotopic (exact) mass is 269 g/mol. The minimum Gasteiger partial charge on any atom is -0.313 e. The maximum Gasteiger partial charge on any atom is 0.154 e. The van der Waals surface area contributed by atoms with Gasteiger partial charge in [-0.05, 0) is 26.3 Å². The molecule has 0 aliphatic heterocycles. The van der Waals surface area contributed by atoms with Crippen LogP contribution in [0.25, 0.3) is 0 Å². The van der Waals surface area contributed by atoms with E-state index in [1.54, 1.807) is 6.20 Å². The molecule has 100 valence electrons. The molecule has 0 amide bonds. The topological polar surface area (TPSA) is 72.0 Å². The molecule has 2 rings (SSSR count). The molecule has 1 heterocycles. The van der Waals surface area contributed by atoms with Crippen LogP contribution in [0, 0.1) is 0 Å². The van der Waals surface area contributed by atoms with E-state index in [0.29, 0.717) is 5.82 Å². The highest BCUT2D eigenvalue weighted by Gasteiger charge is 2.20. The standard InChI is InChI=1S/C12H19N3O2S/c1-13-10-5-3-4-6-11-9(10)7-14-12(15-11)8-18(2,16)17/h7,10,13H,3-6,8H2,1-2H3. The van der Waals surface area contributed by atoms with Gasteiger partial charge >= 0.3 is 0 Å². The fourth-order valence-electron chi connectivity index (χ4n) is 2.36. The lowest BCUT2D eigenvalue weighted by molar-refractivity contribution is 0.531. The van der Waals surface area contributed by atoms with E-state index in [4.69, 9.17) is 0 Å². The van der Waals surface area contributed by atoms with Crippen molar-refractivity contribution in [3.8, 4) is 0 Å². The van der Waals surface area contributed by atoms with Crippen molar-refractivity contribution in [1.82, 2.24) is 15.3 Å². The van der Waals surface area contributed by atoms with E-state index in [1.165, 1.54) is 6.26 Å². The average molecular weight is 269 g/mol. The number of nitrogens with one attached hydrogen (secondary N) is 1. The number of sulfone groups is 1. The van der Waals surface area contributed by atoms with E-state index in [-0.39, 0.29) is 11.8 Å². The SMILES string of the molecule is CNC1CCCCc2nc(CS(C)(=O)=O)ncc21. The van der Waals surface area contributed by atoms with Gasteiger partial charge in [-0.1, -0.05) is 6.42 Å². The van der Waals surface area contributed by atoms with Gasteiger partial charge < -0.3 is 5.32 Å². The largest absolute Gasteiger partial charge is 0.313 e. The molecule has 0 spiro atoms. The third-order valence-corrected chi connectivity index (χ3v) is 4.00. The van der Waals surface area contributed by atoms with Crippen LogP contribution in [0.4, 0.5) is 0 Å². The van der Waals surface area contributed by atoms with Gasteiger partial charge in [-0.3, -0.25) is 0 Å². The average Bonchev–Trinajstić information content (AvgIpc) is 2.48. The Morgan fingerprint density at radius 2 is 2.22 bits per heavy atom. The van der Waals surface area contributed by atoms with Crippen molar-refractivity contribution in [3.63, 3.8) is 0 Å². The molecular weight excluding hydrogens is 250 g/mol. The molecule has 0 fully saturated rings. The third kappa shape index (κ3) is 3.26. The first-order valence-corrected chi connectivity index (χ1v) is 8.25. The highest BCUT2D eigenvalue weighted by molar-refractivity contribution is 7.89. The Morgan fingerprint density at radius 3 is 2.89 bits per heavy atom. The van der Waals surface area contributed by atoms with Gasteiger partial charge in [0.1, 0.15) is 11.6 Å². The number of fused-ring (bicyclic) bond motifs is 1. The van der Waals surface area contributed by atoms with Crippen LogP contribution in [-0.4, -0.2) is 31.7 Å². The fraction of sp³-hybridized carbons (Fsp3) is 0.667. The summed E-state index contributed by atoms with van der Waals surface area (Å²) in [5, 5.41) is 3.27. The molecule has 1 aromatic rings. The van der Waals surface area contributed by atoms with Gasteiger partial charge in [0.25, 0.3) is 0 Å². The van der Waals surface area contributed by atoms with Crippen molar-refractivity contribution in [2.24, 2.45) is 0 Å². The number of aryl methyl sites for hydroxylation is 1. The van der Waals surface area contributed by atoms with Crippen LogP contribution in [0.1, 0.15) is 42.4 Å². The van der Waals surface area contributed by atoms with Crippen LogP contribution in [0.2, 0.25) is 0 Å².